The number of halogens is 2. The van der Waals surface area contributed by atoms with E-state index in [-0.39, 0.29) is 0 Å². The summed E-state index contributed by atoms with van der Waals surface area (Å²) in [5.74, 6) is 1.32. The van der Waals surface area contributed by atoms with E-state index in [4.69, 9.17) is 26.1 Å². The highest BCUT2D eigenvalue weighted by atomic mass is 79.9. The lowest BCUT2D eigenvalue weighted by molar-refractivity contribution is 0.282. The molecule has 0 saturated carbocycles. The molecule has 1 aromatic heterocycles. The van der Waals surface area contributed by atoms with Crippen LogP contribution in [0.5, 0.6) is 11.5 Å². The van der Waals surface area contributed by atoms with E-state index in [0.717, 1.165) is 30.8 Å². The summed E-state index contributed by atoms with van der Waals surface area (Å²) >= 11 is 11.2. The minimum atomic E-state index is 0.423. The molecular weight excluding hydrogens is 446 g/mol. The lowest BCUT2D eigenvalue weighted by Crippen LogP contribution is -1.99. The molecule has 1 heterocycles. The number of rotatable bonds is 5. The summed E-state index contributed by atoms with van der Waals surface area (Å²) in [6.45, 7) is 0.423. The zero-order valence-electron chi connectivity index (χ0n) is 14.4. The number of thiazole rings is 1. The van der Waals surface area contributed by atoms with Gasteiger partial charge in [0.05, 0.1) is 21.8 Å². The van der Waals surface area contributed by atoms with Crippen molar-refractivity contribution in [2.75, 3.05) is 7.11 Å². The van der Waals surface area contributed by atoms with Gasteiger partial charge >= 0.3 is 0 Å². The van der Waals surface area contributed by atoms with Crippen LogP contribution in [0.2, 0.25) is 5.02 Å². The number of ether oxygens (including phenoxy) is 2. The third kappa shape index (κ3) is 3.95. The predicted octanol–water partition coefficient (Wildman–Crippen LogP) is 6.97. The van der Waals surface area contributed by atoms with Crippen molar-refractivity contribution in [3.63, 3.8) is 0 Å². The van der Waals surface area contributed by atoms with Crippen molar-refractivity contribution in [1.82, 2.24) is 4.98 Å². The molecular formula is C21H15BrClNO2S. The average molecular weight is 461 g/mol. The van der Waals surface area contributed by atoms with Gasteiger partial charge in [-0.2, -0.15) is 0 Å². The molecule has 0 fully saturated rings. The van der Waals surface area contributed by atoms with Gasteiger partial charge in [0.25, 0.3) is 0 Å². The molecule has 0 aliphatic rings. The van der Waals surface area contributed by atoms with E-state index in [0.29, 0.717) is 23.1 Å². The molecule has 6 heteroatoms. The summed E-state index contributed by atoms with van der Waals surface area (Å²) in [6, 6.07) is 19.7. The standard InChI is InChI=1S/C21H15BrClNO2S/c1-25-18-11-14(21-24-17-4-2-3-5-19(17)27-21)10-16(22)20(18)26-12-13-6-8-15(23)9-7-13/h2-11H,12H2,1H3. The van der Waals surface area contributed by atoms with Gasteiger partial charge in [-0.1, -0.05) is 35.9 Å². The average Bonchev–Trinajstić information content (AvgIpc) is 3.12. The van der Waals surface area contributed by atoms with E-state index in [1.54, 1.807) is 18.4 Å². The first kappa shape index (κ1) is 18.3. The maximum atomic E-state index is 6.00. The van der Waals surface area contributed by atoms with Gasteiger partial charge in [0, 0.05) is 10.6 Å². The van der Waals surface area contributed by atoms with Gasteiger partial charge in [-0.05, 0) is 57.9 Å². The van der Waals surface area contributed by atoms with Gasteiger partial charge in [-0.25, -0.2) is 4.98 Å². The Hall–Kier alpha value is -2.08. The molecule has 4 rings (SSSR count). The molecule has 0 N–H and O–H groups in total. The second kappa shape index (κ2) is 7.89. The molecule has 0 bridgehead atoms. The van der Waals surface area contributed by atoms with E-state index in [1.807, 2.05) is 54.6 Å². The Morgan fingerprint density at radius 1 is 1.07 bits per heavy atom. The molecule has 0 saturated heterocycles. The first-order valence-electron chi connectivity index (χ1n) is 8.25. The molecule has 0 amide bonds. The number of benzene rings is 3. The van der Waals surface area contributed by atoms with Gasteiger partial charge in [-0.3, -0.25) is 0 Å². The van der Waals surface area contributed by atoms with Crippen LogP contribution >= 0.6 is 38.9 Å². The number of fused-ring (bicyclic) bond motifs is 1. The van der Waals surface area contributed by atoms with Crippen molar-refractivity contribution in [2.45, 2.75) is 6.61 Å². The number of hydrogen-bond acceptors (Lipinski definition) is 4. The number of nitrogens with zero attached hydrogens (tertiary/aromatic N) is 1. The SMILES string of the molecule is COc1cc(-c2nc3ccccc3s2)cc(Br)c1OCc1ccc(Cl)cc1. The predicted molar refractivity (Wildman–Crippen MR) is 115 cm³/mol. The largest absolute Gasteiger partial charge is 0.493 e. The third-order valence-corrected chi connectivity index (χ3v) is 5.99. The van der Waals surface area contributed by atoms with E-state index in [1.165, 1.54) is 0 Å². The summed E-state index contributed by atoms with van der Waals surface area (Å²) in [5.41, 5.74) is 3.01. The third-order valence-electron chi connectivity index (χ3n) is 4.07. The van der Waals surface area contributed by atoms with Crippen molar-refractivity contribution < 1.29 is 9.47 Å². The van der Waals surface area contributed by atoms with Crippen LogP contribution in [0.15, 0.2) is 65.1 Å². The van der Waals surface area contributed by atoms with E-state index < -0.39 is 0 Å². The molecule has 0 aliphatic carbocycles. The Labute approximate surface area is 174 Å². The summed E-state index contributed by atoms with van der Waals surface area (Å²) in [5, 5.41) is 1.65. The fourth-order valence-corrected chi connectivity index (χ4v) is 4.35. The highest BCUT2D eigenvalue weighted by Crippen LogP contribution is 2.41. The van der Waals surface area contributed by atoms with Crippen LogP contribution < -0.4 is 9.47 Å². The van der Waals surface area contributed by atoms with Gasteiger partial charge in [0.2, 0.25) is 0 Å². The Balaban J connectivity index is 1.64. The van der Waals surface area contributed by atoms with Gasteiger partial charge in [0.15, 0.2) is 11.5 Å². The second-order valence-electron chi connectivity index (χ2n) is 5.89. The van der Waals surface area contributed by atoms with Crippen molar-refractivity contribution in [3.05, 3.63) is 75.7 Å². The molecule has 3 nitrogen and oxygen atoms in total. The Morgan fingerprint density at radius 3 is 2.59 bits per heavy atom. The monoisotopic (exact) mass is 459 g/mol. The fraction of sp³-hybridized carbons (Fsp3) is 0.0952. The lowest BCUT2D eigenvalue weighted by atomic mass is 10.2. The first-order chi connectivity index (χ1) is 13.1. The maximum absolute atomic E-state index is 6.00. The summed E-state index contributed by atoms with van der Waals surface area (Å²) in [4.78, 5) is 4.72. The number of para-hydroxylation sites is 1. The molecule has 27 heavy (non-hydrogen) atoms. The van der Waals surface area contributed by atoms with Crippen molar-refractivity contribution in [1.29, 1.82) is 0 Å². The second-order valence-corrected chi connectivity index (χ2v) is 8.21. The van der Waals surface area contributed by atoms with Crippen molar-refractivity contribution in [3.8, 4) is 22.1 Å². The molecule has 0 unspecified atom stereocenters. The van der Waals surface area contributed by atoms with Crippen LogP contribution in [0.4, 0.5) is 0 Å². The van der Waals surface area contributed by atoms with Gasteiger partial charge < -0.3 is 9.47 Å². The number of hydrogen-bond donors (Lipinski definition) is 0. The van der Waals surface area contributed by atoms with Crippen LogP contribution in [0.25, 0.3) is 20.8 Å². The van der Waals surface area contributed by atoms with Crippen molar-refractivity contribution >= 4 is 49.1 Å². The fourth-order valence-electron chi connectivity index (χ4n) is 2.72. The quantitative estimate of drug-likeness (QED) is 0.322. The Morgan fingerprint density at radius 2 is 1.85 bits per heavy atom. The highest BCUT2D eigenvalue weighted by molar-refractivity contribution is 9.10. The molecule has 4 aromatic rings. The van der Waals surface area contributed by atoms with Gasteiger partial charge in [-0.15, -0.1) is 11.3 Å². The highest BCUT2D eigenvalue weighted by Gasteiger charge is 2.15. The van der Waals surface area contributed by atoms with Crippen LogP contribution in [-0.2, 0) is 6.61 Å². The summed E-state index contributed by atoms with van der Waals surface area (Å²) in [6.07, 6.45) is 0. The molecule has 0 radical (unpaired) electrons. The molecule has 0 spiro atoms. The summed E-state index contributed by atoms with van der Waals surface area (Å²) in [7, 11) is 1.64. The molecule has 0 aliphatic heterocycles. The molecule has 3 aromatic carbocycles. The molecule has 0 atom stereocenters. The van der Waals surface area contributed by atoms with Crippen LogP contribution in [0.3, 0.4) is 0 Å². The molecule has 136 valence electrons. The number of aromatic nitrogens is 1. The topological polar surface area (TPSA) is 31.4 Å². The first-order valence-corrected chi connectivity index (χ1v) is 10.2. The van der Waals surface area contributed by atoms with Crippen molar-refractivity contribution in [2.24, 2.45) is 0 Å². The van der Waals surface area contributed by atoms with Crippen LogP contribution in [0, 0.1) is 0 Å². The maximum Gasteiger partial charge on any atom is 0.175 e. The van der Waals surface area contributed by atoms with Crippen LogP contribution in [0.1, 0.15) is 5.56 Å². The lowest BCUT2D eigenvalue weighted by Gasteiger charge is -2.14. The normalized spacial score (nSPS) is 10.9. The minimum Gasteiger partial charge on any atom is -0.493 e. The zero-order chi connectivity index (χ0) is 18.8. The minimum absolute atomic E-state index is 0.423. The van der Waals surface area contributed by atoms with E-state index in [2.05, 4.69) is 22.0 Å². The Kier molecular flexibility index (Phi) is 5.34. The Bertz CT molecular complexity index is 1060. The summed E-state index contributed by atoms with van der Waals surface area (Å²) < 4.78 is 13.6. The van der Waals surface area contributed by atoms with E-state index >= 15 is 0 Å². The van der Waals surface area contributed by atoms with Crippen LogP contribution in [-0.4, -0.2) is 12.1 Å². The number of methoxy groups -OCH3 is 1. The zero-order valence-corrected chi connectivity index (χ0v) is 17.6. The van der Waals surface area contributed by atoms with E-state index in [9.17, 15) is 0 Å². The smallest absolute Gasteiger partial charge is 0.175 e. The van der Waals surface area contributed by atoms with Gasteiger partial charge in [0.1, 0.15) is 11.6 Å².